The molecule has 0 radical (unpaired) electrons. The molecule has 2 aromatic carbocycles. The fraction of sp³-hybridized carbons (Fsp3) is 0.0870. The summed E-state index contributed by atoms with van der Waals surface area (Å²) in [6, 6.07) is 21.0. The Morgan fingerprint density at radius 2 is 1.86 bits per heavy atom. The monoisotopic (exact) mass is 385 g/mol. The molecule has 0 fully saturated rings. The smallest absolute Gasteiger partial charge is 0.148 e. The second-order valence-electron chi connectivity index (χ2n) is 6.76. The molecule has 0 aliphatic rings. The van der Waals surface area contributed by atoms with Crippen LogP contribution in [0.1, 0.15) is 5.56 Å². The van der Waals surface area contributed by atoms with Crippen LogP contribution in [-0.2, 0) is 6.42 Å². The number of anilines is 2. The van der Waals surface area contributed by atoms with Crippen LogP contribution in [0.25, 0.3) is 31.4 Å². The molecule has 5 rings (SSSR count). The van der Waals surface area contributed by atoms with E-state index in [0.717, 1.165) is 27.3 Å². The van der Waals surface area contributed by atoms with E-state index in [1.165, 1.54) is 21.2 Å². The highest BCUT2D eigenvalue weighted by atomic mass is 32.1. The third-order valence-corrected chi connectivity index (χ3v) is 6.10. The number of aromatic nitrogens is 2. The van der Waals surface area contributed by atoms with Crippen LogP contribution < -0.4 is 5.32 Å². The number of nitrogens with zero attached hydrogens (tertiary/aromatic N) is 1. The number of pyridine rings is 1. The van der Waals surface area contributed by atoms with Crippen molar-refractivity contribution in [3.8, 4) is 10.4 Å². The zero-order valence-corrected chi connectivity index (χ0v) is 16.0. The summed E-state index contributed by atoms with van der Waals surface area (Å²) in [5.74, 6) is 0.875. The molecule has 0 amide bonds. The third kappa shape index (κ3) is 3.15. The standard InChI is InChI=1S/C23H19N3OS/c27-12-9-15-1-3-16(4-2-15)21-14-18-8-11-25-23(22(18)28-21)26-19-5-6-20-17(13-19)7-10-24-20/h1-8,10-11,13-14,24,27H,9,12H2,(H,25,26). The molecule has 0 aliphatic carbocycles. The second kappa shape index (κ2) is 7.11. The van der Waals surface area contributed by atoms with Gasteiger partial charge in [0, 0.05) is 40.5 Å². The number of aliphatic hydroxyl groups excluding tert-OH is 1. The highest BCUT2D eigenvalue weighted by Gasteiger charge is 2.10. The number of nitrogens with one attached hydrogen (secondary N) is 2. The van der Waals surface area contributed by atoms with Gasteiger partial charge in [0.05, 0.1) is 4.70 Å². The number of aliphatic hydroxyl groups is 1. The summed E-state index contributed by atoms with van der Waals surface area (Å²) in [6.45, 7) is 0.178. The maximum atomic E-state index is 9.09. The molecule has 4 nitrogen and oxygen atoms in total. The van der Waals surface area contributed by atoms with Crippen LogP contribution in [0.2, 0.25) is 0 Å². The average molecular weight is 385 g/mol. The van der Waals surface area contributed by atoms with Gasteiger partial charge in [-0.1, -0.05) is 24.3 Å². The Balaban J connectivity index is 1.49. The van der Waals surface area contributed by atoms with Gasteiger partial charge in [-0.05, 0) is 59.3 Å². The topological polar surface area (TPSA) is 60.9 Å². The molecule has 0 spiro atoms. The molecule has 5 aromatic rings. The van der Waals surface area contributed by atoms with E-state index >= 15 is 0 Å². The SMILES string of the molecule is OCCc1ccc(-c2cc3ccnc(Nc4ccc5[nH]ccc5c4)c3s2)cc1. The number of aromatic amines is 1. The Labute approximate surface area is 166 Å². The van der Waals surface area contributed by atoms with Gasteiger partial charge in [0.15, 0.2) is 0 Å². The lowest BCUT2D eigenvalue weighted by Crippen LogP contribution is -1.92. The molecular formula is C23H19N3OS. The van der Waals surface area contributed by atoms with Crippen molar-refractivity contribution >= 4 is 43.8 Å². The summed E-state index contributed by atoms with van der Waals surface area (Å²) in [6.07, 6.45) is 4.49. The van der Waals surface area contributed by atoms with Gasteiger partial charge in [0.2, 0.25) is 0 Å². The van der Waals surface area contributed by atoms with Gasteiger partial charge in [-0.3, -0.25) is 0 Å². The zero-order chi connectivity index (χ0) is 18.9. The van der Waals surface area contributed by atoms with Crippen molar-refractivity contribution in [3.05, 3.63) is 78.6 Å². The van der Waals surface area contributed by atoms with Gasteiger partial charge in [0.1, 0.15) is 5.82 Å². The van der Waals surface area contributed by atoms with Crippen LogP contribution in [0, 0.1) is 0 Å². The van der Waals surface area contributed by atoms with E-state index in [4.69, 9.17) is 5.11 Å². The summed E-state index contributed by atoms with van der Waals surface area (Å²) in [5.41, 5.74) is 4.48. The lowest BCUT2D eigenvalue weighted by atomic mass is 10.1. The quantitative estimate of drug-likeness (QED) is 0.362. The van der Waals surface area contributed by atoms with Crippen LogP contribution >= 0.6 is 11.3 Å². The molecule has 0 saturated heterocycles. The Kier molecular flexibility index (Phi) is 4.31. The Bertz CT molecular complexity index is 1250. The van der Waals surface area contributed by atoms with E-state index in [1.807, 2.05) is 12.4 Å². The van der Waals surface area contributed by atoms with Gasteiger partial charge in [-0.2, -0.15) is 0 Å². The fourth-order valence-corrected chi connectivity index (χ4v) is 4.53. The Hall–Kier alpha value is -3.15. The highest BCUT2D eigenvalue weighted by Crippen LogP contribution is 2.37. The molecule has 3 heterocycles. The van der Waals surface area contributed by atoms with E-state index in [0.29, 0.717) is 6.42 Å². The number of H-pyrrole nitrogens is 1. The van der Waals surface area contributed by atoms with Crippen molar-refractivity contribution < 1.29 is 5.11 Å². The van der Waals surface area contributed by atoms with Gasteiger partial charge in [-0.15, -0.1) is 11.3 Å². The fourth-order valence-electron chi connectivity index (χ4n) is 3.43. The summed E-state index contributed by atoms with van der Waals surface area (Å²) in [7, 11) is 0. The molecule has 5 heteroatoms. The largest absolute Gasteiger partial charge is 0.396 e. The van der Waals surface area contributed by atoms with Crippen LogP contribution in [0.4, 0.5) is 11.5 Å². The molecular weight excluding hydrogens is 366 g/mol. The number of hydrogen-bond acceptors (Lipinski definition) is 4. The van der Waals surface area contributed by atoms with Crippen LogP contribution in [0.15, 0.2) is 73.1 Å². The average Bonchev–Trinajstić information content (AvgIpc) is 3.36. The molecule has 0 saturated carbocycles. The van der Waals surface area contributed by atoms with Crippen molar-refractivity contribution in [2.75, 3.05) is 11.9 Å². The zero-order valence-electron chi connectivity index (χ0n) is 15.1. The minimum Gasteiger partial charge on any atom is -0.396 e. The van der Waals surface area contributed by atoms with Crippen molar-refractivity contribution in [1.82, 2.24) is 9.97 Å². The van der Waals surface area contributed by atoms with Gasteiger partial charge in [-0.25, -0.2) is 4.98 Å². The molecule has 0 atom stereocenters. The molecule has 0 unspecified atom stereocenters. The Morgan fingerprint density at radius 1 is 0.964 bits per heavy atom. The van der Waals surface area contributed by atoms with E-state index in [-0.39, 0.29) is 6.61 Å². The van der Waals surface area contributed by atoms with E-state index in [2.05, 4.69) is 75.9 Å². The minimum atomic E-state index is 0.178. The minimum absolute atomic E-state index is 0.178. The molecule has 3 N–H and O–H groups in total. The summed E-state index contributed by atoms with van der Waals surface area (Å²) in [4.78, 5) is 9.01. The first-order chi connectivity index (χ1) is 13.8. The summed E-state index contributed by atoms with van der Waals surface area (Å²) < 4.78 is 1.14. The van der Waals surface area contributed by atoms with E-state index in [1.54, 1.807) is 11.3 Å². The van der Waals surface area contributed by atoms with Crippen LogP contribution in [-0.4, -0.2) is 21.7 Å². The first-order valence-electron chi connectivity index (χ1n) is 9.23. The molecule has 3 aromatic heterocycles. The second-order valence-corrected chi connectivity index (χ2v) is 7.82. The number of rotatable bonds is 5. The number of fused-ring (bicyclic) bond motifs is 2. The van der Waals surface area contributed by atoms with Crippen molar-refractivity contribution in [3.63, 3.8) is 0 Å². The lowest BCUT2D eigenvalue weighted by Gasteiger charge is -2.06. The Morgan fingerprint density at radius 3 is 2.71 bits per heavy atom. The van der Waals surface area contributed by atoms with E-state index < -0.39 is 0 Å². The maximum Gasteiger partial charge on any atom is 0.148 e. The van der Waals surface area contributed by atoms with E-state index in [9.17, 15) is 0 Å². The highest BCUT2D eigenvalue weighted by molar-refractivity contribution is 7.22. The molecule has 28 heavy (non-hydrogen) atoms. The summed E-state index contributed by atoms with van der Waals surface area (Å²) >= 11 is 1.74. The predicted octanol–water partition coefficient (Wildman–Crippen LogP) is 5.72. The van der Waals surface area contributed by atoms with Crippen LogP contribution in [0.3, 0.4) is 0 Å². The van der Waals surface area contributed by atoms with Gasteiger partial charge < -0.3 is 15.4 Å². The lowest BCUT2D eigenvalue weighted by molar-refractivity contribution is 0.299. The van der Waals surface area contributed by atoms with Gasteiger partial charge in [0.25, 0.3) is 0 Å². The van der Waals surface area contributed by atoms with Crippen LogP contribution in [0.5, 0.6) is 0 Å². The van der Waals surface area contributed by atoms with Gasteiger partial charge >= 0.3 is 0 Å². The van der Waals surface area contributed by atoms with Crippen molar-refractivity contribution in [2.45, 2.75) is 6.42 Å². The number of hydrogen-bond donors (Lipinski definition) is 3. The first-order valence-corrected chi connectivity index (χ1v) is 10.0. The normalized spacial score (nSPS) is 11.3. The maximum absolute atomic E-state index is 9.09. The predicted molar refractivity (Wildman–Crippen MR) is 117 cm³/mol. The number of benzene rings is 2. The molecule has 138 valence electrons. The number of thiophene rings is 1. The van der Waals surface area contributed by atoms with Crippen molar-refractivity contribution in [2.24, 2.45) is 0 Å². The molecule has 0 bridgehead atoms. The first kappa shape index (κ1) is 17.0. The third-order valence-electron chi connectivity index (χ3n) is 4.89. The van der Waals surface area contributed by atoms with Crippen molar-refractivity contribution in [1.29, 1.82) is 0 Å². The summed E-state index contributed by atoms with van der Waals surface area (Å²) in [5, 5.41) is 14.9. The molecule has 0 aliphatic heterocycles.